The van der Waals surface area contributed by atoms with E-state index >= 15 is 0 Å². The topological polar surface area (TPSA) is 54.3 Å². The lowest BCUT2D eigenvalue weighted by Crippen LogP contribution is -2.47. The SMILES string of the molecule is Cn1cc(CC(=O)N(c2ccccc2)C(C(=O)NC2CCCCC2)c2ccccc2)c2ccccc21. The van der Waals surface area contributed by atoms with E-state index in [-0.39, 0.29) is 24.3 Å². The van der Waals surface area contributed by atoms with Gasteiger partial charge in [-0.3, -0.25) is 14.5 Å². The Balaban J connectivity index is 1.54. The Morgan fingerprint density at radius 1 is 0.889 bits per heavy atom. The summed E-state index contributed by atoms with van der Waals surface area (Å²) in [6, 6.07) is 26.7. The van der Waals surface area contributed by atoms with Crippen LogP contribution in [0.2, 0.25) is 0 Å². The van der Waals surface area contributed by atoms with E-state index in [1.54, 1.807) is 4.90 Å². The third kappa shape index (κ3) is 5.06. The number of nitrogens with one attached hydrogen (secondary N) is 1. The maximum atomic E-state index is 14.1. The molecule has 5 rings (SSSR count). The van der Waals surface area contributed by atoms with Gasteiger partial charge in [0.2, 0.25) is 11.8 Å². The van der Waals surface area contributed by atoms with Crippen LogP contribution in [0.3, 0.4) is 0 Å². The van der Waals surface area contributed by atoms with Crippen molar-refractivity contribution < 1.29 is 9.59 Å². The van der Waals surface area contributed by atoms with Crippen molar-refractivity contribution in [2.24, 2.45) is 7.05 Å². The van der Waals surface area contributed by atoms with Crippen LogP contribution in [0, 0.1) is 0 Å². The molecule has 1 aliphatic carbocycles. The van der Waals surface area contributed by atoms with Crippen LogP contribution in [0.15, 0.2) is 91.1 Å². The summed E-state index contributed by atoms with van der Waals surface area (Å²) in [4.78, 5) is 29.7. The second-order valence-corrected chi connectivity index (χ2v) is 9.72. The van der Waals surface area contributed by atoms with Crippen molar-refractivity contribution >= 4 is 28.4 Å². The normalized spacial score (nSPS) is 14.9. The summed E-state index contributed by atoms with van der Waals surface area (Å²) in [5, 5.41) is 4.34. The van der Waals surface area contributed by atoms with Crippen molar-refractivity contribution in [3.05, 3.63) is 102 Å². The molecule has 5 nitrogen and oxygen atoms in total. The van der Waals surface area contributed by atoms with Gasteiger partial charge < -0.3 is 9.88 Å². The molecule has 3 aromatic carbocycles. The minimum Gasteiger partial charge on any atom is -0.351 e. The van der Waals surface area contributed by atoms with Crippen LogP contribution in [0.1, 0.15) is 49.3 Å². The van der Waals surface area contributed by atoms with Gasteiger partial charge in [-0.1, -0.05) is 86.0 Å². The molecule has 0 aliphatic heterocycles. The van der Waals surface area contributed by atoms with Crippen LogP contribution in [0.5, 0.6) is 0 Å². The van der Waals surface area contributed by atoms with Gasteiger partial charge in [0.1, 0.15) is 6.04 Å². The fraction of sp³-hybridized carbons (Fsp3) is 0.290. The Labute approximate surface area is 212 Å². The first-order valence-corrected chi connectivity index (χ1v) is 12.9. The number of rotatable bonds is 7. The summed E-state index contributed by atoms with van der Waals surface area (Å²) in [5.74, 6) is -0.228. The first-order chi connectivity index (χ1) is 17.6. The average molecular weight is 480 g/mol. The molecule has 1 aliphatic rings. The van der Waals surface area contributed by atoms with Gasteiger partial charge in [-0.05, 0) is 42.2 Å². The number of carbonyl (C=O) groups excluding carboxylic acids is 2. The van der Waals surface area contributed by atoms with Crippen LogP contribution < -0.4 is 10.2 Å². The molecule has 1 unspecified atom stereocenters. The molecule has 5 heteroatoms. The summed E-state index contributed by atoms with van der Waals surface area (Å²) in [6.07, 6.45) is 7.67. The third-order valence-electron chi connectivity index (χ3n) is 7.20. The second kappa shape index (κ2) is 10.8. The molecule has 2 amide bonds. The molecule has 1 heterocycles. The lowest BCUT2D eigenvalue weighted by molar-refractivity contribution is -0.127. The number of nitrogens with zero attached hydrogens (tertiary/aromatic N) is 2. The molecule has 0 saturated heterocycles. The molecule has 36 heavy (non-hydrogen) atoms. The average Bonchev–Trinajstić information content (AvgIpc) is 3.23. The fourth-order valence-corrected chi connectivity index (χ4v) is 5.42. The van der Waals surface area contributed by atoms with Crippen molar-refractivity contribution in [1.29, 1.82) is 0 Å². The van der Waals surface area contributed by atoms with Gasteiger partial charge in [0.25, 0.3) is 0 Å². The van der Waals surface area contributed by atoms with Gasteiger partial charge in [-0.25, -0.2) is 0 Å². The smallest absolute Gasteiger partial charge is 0.248 e. The van der Waals surface area contributed by atoms with Crippen LogP contribution in [-0.4, -0.2) is 22.4 Å². The first kappa shape index (κ1) is 23.9. The number of anilines is 1. The van der Waals surface area contributed by atoms with Crippen molar-refractivity contribution in [3.8, 4) is 0 Å². The van der Waals surface area contributed by atoms with Crippen molar-refractivity contribution in [2.45, 2.75) is 50.6 Å². The number of hydrogen-bond acceptors (Lipinski definition) is 2. The Bertz CT molecular complexity index is 1320. The highest BCUT2D eigenvalue weighted by molar-refractivity contribution is 6.03. The van der Waals surface area contributed by atoms with E-state index in [1.165, 1.54) is 6.42 Å². The quantitative estimate of drug-likeness (QED) is 0.356. The Morgan fingerprint density at radius 2 is 1.53 bits per heavy atom. The van der Waals surface area contributed by atoms with Gasteiger partial charge in [0.05, 0.1) is 6.42 Å². The molecule has 0 spiro atoms. The number of para-hydroxylation sites is 2. The fourth-order valence-electron chi connectivity index (χ4n) is 5.42. The monoisotopic (exact) mass is 479 g/mol. The van der Waals surface area contributed by atoms with Crippen molar-refractivity contribution in [1.82, 2.24) is 9.88 Å². The molecule has 0 radical (unpaired) electrons. The third-order valence-corrected chi connectivity index (χ3v) is 7.20. The molecule has 4 aromatic rings. The number of aromatic nitrogens is 1. The van der Waals surface area contributed by atoms with E-state index in [2.05, 4.69) is 22.0 Å². The van der Waals surface area contributed by atoms with Crippen molar-refractivity contribution in [3.63, 3.8) is 0 Å². The Hall–Kier alpha value is -3.86. The highest BCUT2D eigenvalue weighted by Crippen LogP contribution is 2.31. The molecule has 1 aromatic heterocycles. The molecular formula is C31H33N3O2. The number of fused-ring (bicyclic) bond motifs is 1. The van der Waals surface area contributed by atoms with Gasteiger partial charge in [-0.15, -0.1) is 0 Å². The molecular weight excluding hydrogens is 446 g/mol. The molecule has 0 bridgehead atoms. The molecule has 1 fully saturated rings. The maximum Gasteiger partial charge on any atom is 0.248 e. The van der Waals surface area contributed by atoms with Crippen LogP contribution in [0.4, 0.5) is 5.69 Å². The zero-order chi connectivity index (χ0) is 24.9. The highest BCUT2D eigenvalue weighted by Gasteiger charge is 2.34. The largest absolute Gasteiger partial charge is 0.351 e. The number of carbonyl (C=O) groups is 2. The summed E-state index contributed by atoms with van der Waals surface area (Å²) < 4.78 is 2.05. The Morgan fingerprint density at radius 3 is 2.25 bits per heavy atom. The second-order valence-electron chi connectivity index (χ2n) is 9.72. The molecule has 1 atom stereocenters. The summed E-state index contributed by atoms with van der Waals surface area (Å²) in [6.45, 7) is 0. The minimum atomic E-state index is -0.752. The predicted octanol–water partition coefficient (Wildman–Crippen LogP) is 5.94. The molecule has 1 N–H and O–H groups in total. The predicted molar refractivity (Wildman–Crippen MR) is 145 cm³/mol. The first-order valence-electron chi connectivity index (χ1n) is 12.9. The van der Waals surface area contributed by atoms with E-state index in [0.29, 0.717) is 0 Å². The van der Waals surface area contributed by atoms with Crippen LogP contribution in [0.25, 0.3) is 10.9 Å². The van der Waals surface area contributed by atoms with Gasteiger partial charge in [0.15, 0.2) is 0 Å². The number of benzene rings is 3. The number of hydrogen-bond donors (Lipinski definition) is 1. The van der Waals surface area contributed by atoms with Crippen molar-refractivity contribution in [2.75, 3.05) is 4.90 Å². The van der Waals surface area contributed by atoms with Crippen LogP contribution in [-0.2, 0) is 23.1 Å². The van der Waals surface area contributed by atoms with E-state index < -0.39 is 6.04 Å². The van der Waals surface area contributed by atoms with E-state index in [4.69, 9.17) is 0 Å². The lowest BCUT2D eigenvalue weighted by Gasteiger charge is -2.33. The molecule has 1 saturated carbocycles. The van der Waals surface area contributed by atoms with Gasteiger partial charge in [0, 0.05) is 35.9 Å². The van der Waals surface area contributed by atoms with E-state index in [9.17, 15) is 9.59 Å². The minimum absolute atomic E-state index is 0.106. The van der Waals surface area contributed by atoms with E-state index in [0.717, 1.165) is 53.4 Å². The van der Waals surface area contributed by atoms with Crippen LogP contribution >= 0.6 is 0 Å². The number of aryl methyl sites for hydroxylation is 1. The van der Waals surface area contributed by atoms with Gasteiger partial charge >= 0.3 is 0 Å². The summed E-state index contributed by atoms with van der Waals surface area (Å²) in [7, 11) is 2.00. The summed E-state index contributed by atoms with van der Waals surface area (Å²) in [5.41, 5.74) is 3.57. The van der Waals surface area contributed by atoms with E-state index in [1.807, 2.05) is 86.0 Å². The zero-order valence-corrected chi connectivity index (χ0v) is 20.8. The standard InChI is InChI=1S/C31H33N3O2/c1-33-22-24(27-19-11-12-20-28(27)33)21-29(35)34(26-17-9-4-10-18-26)30(23-13-5-2-6-14-23)31(36)32-25-15-7-3-8-16-25/h2,4-6,9-14,17-20,22,25,30H,3,7-8,15-16,21H2,1H3,(H,32,36). The highest BCUT2D eigenvalue weighted by atomic mass is 16.2. The van der Waals surface area contributed by atoms with Gasteiger partial charge in [-0.2, -0.15) is 0 Å². The number of amides is 2. The molecule has 184 valence electrons. The zero-order valence-electron chi connectivity index (χ0n) is 20.8. The maximum absolute atomic E-state index is 14.1. The summed E-state index contributed by atoms with van der Waals surface area (Å²) >= 11 is 0. The Kier molecular flexibility index (Phi) is 7.17. The lowest BCUT2D eigenvalue weighted by atomic mass is 9.94.